The standard InChI is InChI=1S/C8H17O.Al.2H/c1-2-3-4-5-6-7-8-9;;;/h2-8H2,1H3;;;/q-1;+1;;. The highest BCUT2D eigenvalue weighted by molar-refractivity contribution is 5.97. The van der Waals surface area contributed by atoms with Crippen LogP contribution in [0, 0.1) is 0 Å². The summed E-state index contributed by atoms with van der Waals surface area (Å²) in [6.45, 7) is 3.25. The summed E-state index contributed by atoms with van der Waals surface area (Å²) in [6.07, 6.45) is 8.20. The first-order valence-electron chi connectivity index (χ1n) is 4.40. The molecule has 0 saturated carbocycles. The van der Waals surface area contributed by atoms with Crippen LogP contribution >= 0.6 is 0 Å². The van der Waals surface area contributed by atoms with Crippen LogP contribution in [0.3, 0.4) is 0 Å². The molecule has 0 saturated heterocycles. The minimum absolute atomic E-state index is 0.909. The SMILES string of the molecule is CCCCCCCC[O][AlH2]. The van der Waals surface area contributed by atoms with Crippen LogP contribution < -0.4 is 0 Å². The zero-order chi connectivity index (χ0) is 7.66. The third-order valence-corrected chi connectivity index (χ3v) is 2.11. The molecule has 0 heterocycles. The third-order valence-electron chi connectivity index (χ3n) is 1.70. The largest absolute Gasteiger partial charge is 0.506 e. The van der Waals surface area contributed by atoms with Gasteiger partial charge in [0.15, 0.2) is 0 Å². The maximum atomic E-state index is 5.09. The van der Waals surface area contributed by atoms with E-state index in [0.717, 1.165) is 23.2 Å². The van der Waals surface area contributed by atoms with Crippen molar-refractivity contribution >= 4 is 16.6 Å². The molecule has 0 aromatic carbocycles. The molecule has 10 heavy (non-hydrogen) atoms. The van der Waals surface area contributed by atoms with Gasteiger partial charge in [-0.3, -0.25) is 0 Å². The van der Waals surface area contributed by atoms with E-state index < -0.39 is 0 Å². The fourth-order valence-electron chi connectivity index (χ4n) is 1.03. The van der Waals surface area contributed by atoms with E-state index in [2.05, 4.69) is 6.92 Å². The summed E-state index contributed by atoms with van der Waals surface area (Å²) in [7, 11) is 0. The van der Waals surface area contributed by atoms with Crippen molar-refractivity contribution in [2.24, 2.45) is 0 Å². The van der Waals surface area contributed by atoms with Gasteiger partial charge in [0.2, 0.25) is 0 Å². The molecule has 0 radical (unpaired) electrons. The zero-order valence-corrected chi connectivity index (χ0v) is 9.36. The predicted octanol–water partition coefficient (Wildman–Crippen LogP) is 1.91. The van der Waals surface area contributed by atoms with E-state index >= 15 is 0 Å². The maximum absolute atomic E-state index is 5.09. The second-order valence-electron chi connectivity index (χ2n) is 2.76. The van der Waals surface area contributed by atoms with Crippen LogP contribution in [0.15, 0.2) is 0 Å². The van der Waals surface area contributed by atoms with Gasteiger partial charge in [-0.25, -0.2) is 0 Å². The normalized spacial score (nSPS) is 10.1. The topological polar surface area (TPSA) is 9.23 Å². The van der Waals surface area contributed by atoms with Crippen LogP contribution in [0.25, 0.3) is 0 Å². The lowest BCUT2D eigenvalue weighted by atomic mass is 10.1. The molecule has 60 valence electrons. The lowest BCUT2D eigenvalue weighted by Gasteiger charge is -1.99. The Balaban J connectivity index is 2.65. The Morgan fingerprint density at radius 1 is 1.00 bits per heavy atom. The van der Waals surface area contributed by atoms with Crippen LogP contribution in [-0.2, 0) is 3.79 Å². The number of hydrogen-bond donors (Lipinski definition) is 0. The monoisotopic (exact) mass is 158 g/mol. The van der Waals surface area contributed by atoms with Gasteiger partial charge in [-0.2, -0.15) is 0 Å². The summed E-state index contributed by atoms with van der Waals surface area (Å²) in [6, 6.07) is 0. The third kappa shape index (κ3) is 8.49. The molecule has 0 aromatic heterocycles. The molecule has 0 N–H and O–H groups in total. The first-order valence-corrected chi connectivity index (χ1v) is 5.22. The van der Waals surface area contributed by atoms with Gasteiger partial charge < -0.3 is 3.79 Å². The summed E-state index contributed by atoms with van der Waals surface area (Å²) in [5.41, 5.74) is 0. The number of hydrogen-bond acceptors (Lipinski definition) is 1. The van der Waals surface area contributed by atoms with Crippen LogP contribution in [0.2, 0.25) is 0 Å². The summed E-state index contributed by atoms with van der Waals surface area (Å²) in [5, 5.41) is 0. The second-order valence-corrected chi connectivity index (χ2v) is 3.34. The van der Waals surface area contributed by atoms with Crippen LogP contribution in [0.1, 0.15) is 45.4 Å². The van der Waals surface area contributed by atoms with E-state index in [-0.39, 0.29) is 0 Å². The van der Waals surface area contributed by atoms with Gasteiger partial charge in [-0.05, 0) is 6.42 Å². The molecule has 0 atom stereocenters. The van der Waals surface area contributed by atoms with Gasteiger partial charge in [0, 0.05) is 6.61 Å². The Morgan fingerprint density at radius 2 is 1.60 bits per heavy atom. The summed E-state index contributed by atoms with van der Waals surface area (Å²) >= 11 is 0.909. The number of rotatable bonds is 7. The minimum Gasteiger partial charge on any atom is -0.506 e. The van der Waals surface area contributed by atoms with Crippen molar-refractivity contribution in [2.75, 3.05) is 6.61 Å². The minimum atomic E-state index is 0.909. The molecule has 2 heteroatoms. The van der Waals surface area contributed by atoms with Crippen LogP contribution in [0.4, 0.5) is 0 Å². The highest BCUT2D eigenvalue weighted by Gasteiger charge is 1.87. The van der Waals surface area contributed by atoms with Crippen LogP contribution in [-0.4, -0.2) is 23.2 Å². The van der Waals surface area contributed by atoms with E-state index in [0.29, 0.717) is 0 Å². The Morgan fingerprint density at radius 3 is 2.20 bits per heavy atom. The highest BCUT2D eigenvalue weighted by Crippen LogP contribution is 2.04. The van der Waals surface area contributed by atoms with Crippen molar-refractivity contribution in [1.29, 1.82) is 0 Å². The summed E-state index contributed by atoms with van der Waals surface area (Å²) in [5.74, 6) is 0. The van der Waals surface area contributed by atoms with Gasteiger partial charge in [0.25, 0.3) is 0 Å². The highest BCUT2D eigenvalue weighted by atomic mass is 27.1. The molecular weight excluding hydrogens is 139 g/mol. The quantitative estimate of drug-likeness (QED) is 0.406. The Kier molecular flexibility index (Phi) is 9.96. The van der Waals surface area contributed by atoms with Crippen molar-refractivity contribution in [3.8, 4) is 0 Å². The second kappa shape index (κ2) is 9.49. The Hall–Kier alpha value is 0.492. The van der Waals surface area contributed by atoms with Gasteiger partial charge in [-0.1, -0.05) is 39.0 Å². The van der Waals surface area contributed by atoms with Crippen molar-refractivity contribution in [3.63, 3.8) is 0 Å². The summed E-state index contributed by atoms with van der Waals surface area (Å²) in [4.78, 5) is 0. The molecule has 1 nitrogen and oxygen atoms in total. The van der Waals surface area contributed by atoms with Crippen molar-refractivity contribution in [3.05, 3.63) is 0 Å². The molecule has 0 rings (SSSR count). The van der Waals surface area contributed by atoms with Crippen molar-refractivity contribution < 1.29 is 3.79 Å². The average molecular weight is 158 g/mol. The summed E-state index contributed by atoms with van der Waals surface area (Å²) < 4.78 is 5.09. The van der Waals surface area contributed by atoms with Crippen LogP contribution in [0.5, 0.6) is 0 Å². The lowest BCUT2D eigenvalue weighted by molar-refractivity contribution is 0.333. The molecule has 0 amide bonds. The van der Waals surface area contributed by atoms with Crippen molar-refractivity contribution in [2.45, 2.75) is 45.4 Å². The molecule has 0 aliphatic carbocycles. The van der Waals surface area contributed by atoms with E-state index in [4.69, 9.17) is 3.79 Å². The van der Waals surface area contributed by atoms with Gasteiger partial charge in [0.1, 0.15) is 0 Å². The molecular formula is C8H19AlO. The molecule has 0 spiro atoms. The van der Waals surface area contributed by atoms with E-state index in [1.165, 1.54) is 38.5 Å². The fourth-order valence-corrected chi connectivity index (χ4v) is 1.32. The van der Waals surface area contributed by atoms with E-state index in [1.807, 2.05) is 0 Å². The van der Waals surface area contributed by atoms with Gasteiger partial charge >= 0.3 is 16.6 Å². The lowest BCUT2D eigenvalue weighted by Crippen LogP contribution is -1.89. The maximum Gasteiger partial charge on any atom is 0.410 e. The molecule has 0 aliphatic rings. The van der Waals surface area contributed by atoms with Crippen molar-refractivity contribution in [1.82, 2.24) is 0 Å². The average Bonchev–Trinajstić information content (AvgIpc) is 1.97. The number of unbranched alkanes of at least 4 members (excludes halogenated alkanes) is 5. The Labute approximate surface area is 72.9 Å². The molecule has 0 fully saturated rings. The molecule has 0 aliphatic heterocycles. The molecule has 0 bridgehead atoms. The Bertz CT molecular complexity index is 49.2. The first-order chi connectivity index (χ1) is 4.91. The van der Waals surface area contributed by atoms with Gasteiger partial charge in [0.05, 0.1) is 0 Å². The smallest absolute Gasteiger partial charge is 0.410 e. The van der Waals surface area contributed by atoms with E-state index in [9.17, 15) is 0 Å². The molecule has 0 aromatic rings. The van der Waals surface area contributed by atoms with E-state index in [1.54, 1.807) is 0 Å². The first kappa shape index (κ1) is 10.5. The fraction of sp³-hybridized carbons (Fsp3) is 1.00. The molecule has 0 unspecified atom stereocenters. The predicted molar refractivity (Wildman–Crippen MR) is 47.9 cm³/mol. The zero-order valence-electron chi connectivity index (χ0n) is 7.36. The van der Waals surface area contributed by atoms with Gasteiger partial charge in [-0.15, -0.1) is 0 Å².